The summed E-state index contributed by atoms with van der Waals surface area (Å²) in [6.45, 7) is 4.31. The summed E-state index contributed by atoms with van der Waals surface area (Å²) in [5.41, 5.74) is 1.81. The van der Waals surface area contributed by atoms with Gasteiger partial charge in [-0.3, -0.25) is 4.79 Å². The maximum absolute atomic E-state index is 11.6. The molecule has 0 fully saturated rings. The molecule has 0 spiro atoms. The predicted octanol–water partition coefficient (Wildman–Crippen LogP) is 3.17. The summed E-state index contributed by atoms with van der Waals surface area (Å²) >= 11 is 5.86. The lowest BCUT2D eigenvalue weighted by atomic mass is 9.97. The van der Waals surface area contributed by atoms with E-state index < -0.39 is 0 Å². The van der Waals surface area contributed by atoms with Crippen molar-refractivity contribution >= 4 is 17.5 Å². The van der Waals surface area contributed by atoms with E-state index in [1.54, 1.807) is 6.07 Å². The highest BCUT2D eigenvalue weighted by Crippen LogP contribution is 2.31. The third kappa shape index (κ3) is 2.00. The zero-order chi connectivity index (χ0) is 11.0. The Morgan fingerprint density at radius 3 is 2.87 bits per heavy atom. The van der Waals surface area contributed by atoms with Crippen LogP contribution in [0.2, 0.25) is 5.02 Å². The van der Waals surface area contributed by atoms with Crippen LogP contribution in [-0.4, -0.2) is 5.91 Å². The van der Waals surface area contributed by atoms with E-state index in [2.05, 4.69) is 19.2 Å². The van der Waals surface area contributed by atoms with Gasteiger partial charge in [-0.25, -0.2) is 0 Å². The van der Waals surface area contributed by atoms with Crippen LogP contribution in [0.5, 0.6) is 0 Å². The summed E-state index contributed by atoms with van der Waals surface area (Å²) in [4.78, 5) is 11.6. The molecule has 0 aliphatic carbocycles. The quantitative estimate of drug-likeness (QED) is 0.820. The first-order chi connectivity index (χ1) is 7.08. The van der Waals surface area contributed by atoms with Crippen molar-refractivity contribution in [3.8, 4) is 0 Å². The van der Waals surface area contributed by atoms with Crippen LogP contribution in [0.15, 0.2) is 18.2 Å². The molecule has 1 unspecified atom stereocenters. The third-order valence-electron chi connectivity index (χ3n) is 2.65. The summed E-state index contributed by atoms with van der Waals surface area (Å²) in [7, 11) is 0. The summed E-state index contributed by atoms with van der Waals surface area (Å²) in [5, 5.41) is 3.60. The van der Waals surface area contributed by atoms with Crippen LogP contribution < -0.4 is 5.32 Å². The van der Waals surface area contributed by atoms with Crippen molar-refractivity contribution < 1.29 is 4.79 Å². The van der Waals surface area contributed by atoms with Gasteiger partial charge in [-0.2, -0.15) is 0 Å². The topological polar surface area (TPSA) is 29.1 Å². The van der Waals surface area contributed by atoms with Crippen LogP contribution in [0, 0.1) is 5.92 Å². The minimum absolute atomic E-state index is 0.00171. The SMILES string of the molecule is CC(C)CC1NC(=O)c2cc(Cl)ccc21. The fourth-order valence-electron chi connectivity index (χ4n) is 2.00. The average molecular weight is 224 g/mol. The highest BCUT2D eigenvalue weighted by molar-refractivity contribution is 6.31. The fraction of sp³-hybridized carbons (Fsp3) is 0.417. The zero-order valence-electron chi connectivity index (χ0n) is 8.88. The molecule has 1 aromatic carbocycles. The molecule has 2 rings (SSSR count). The maximum Gasteiger partial charge on any atom is 0.252 e. The zero-order valence-corrected chi connectivity index (χ0v) is 9.64. The van der Waals surface area contributed by atoms with Gasteiger partial charge >= 0.3 is 0 Å². The van der Waals surface area contributed by atoms with Crippen molar-refractivity contribution in [2.75, 3.05) is 0 Å². The Hall–Kier alpha value is -1.02. The Bertz CT molecular complexity index is 401. The van der Waals surface area contributed by atoms with Crippen molar-refractivity contribution in [3.63, 3.8) is 0 Å². The van der Waals surface area contributed by atoms with E-state index in [0.29, 0.717) is 10.9 Å². The first-order valence-corrected chi connectivity index (χ1v) is 5.56. The second-order valence-electron chi connectivity index (χ2n) is 4.39. The maximum atomic E-state index is 11.6. The molecule has 1 N–H and O–H groups in total. The van der Waals surface area contributed by atoms with Crippen LogP contribution in [-0.2, 0) is 0 Å². The molecule has 2 nitrogen and oxygen atoms in total. The van der Waals surface area contributed by atoms with Gasteiger partial charge in [-0.05, 0) is 30.0 Å². The number of hydrogen-bond donors (Lipinski definition) is 1. The molecule has 3 heteroatoms. The third-order valence-corrected chi connectivity index (χ3v) is 2.88. The Morgan fingerprint density at radius 1 is 1.47 bits per heavy atom. The van der Waals surface area contributed by atoms with Crippen molar-refractivity contribution in [1.82, 2.24) is 5.32 Å². The number of amides is 1. The largest absolute Gasteiger partial charge is 0.345 e. The van der Waals surface area contributed by atoms with Crippen molar-refractivity contribution in [2.24, 2.45) is 5.92 Å². The molecule has 0 saturated carbocycles. The van der Waals surface area contributed by atoms with Gasteiger partial charge in [-0.15, -0.1) is 0 Å². The van der Waals surface area contributed by atoms with Crippen molar-refractivity contribution in [2.45, 2.75) is 26.3 Å². The lowest BCUT2D eigenvalue weighted by Crippen LogP contribution is -2.20. The molecule has 1 aliphatic heterocycles. The summed E-state index contributed by atoms with van der Waals surface area (Å²) in [6.07, 6.45) is 0.973. The number of rotatable bonds is 2. The van der Waals surface area contributed by atoms with Crippen LogP contribution in [0.25, 0.3) is 0 Å². The molecule has 1 atom stereocenters. The Balaban J connectivity index is 2.34. The molecule has 0 radical (unpaired) electrons. The van der Waals surface area contributed by atoms with E-state index in [-0.39, 0.29) is 11.9 Å². The van der Waals surface area contributed by atoms with E-state index in [1.165, 1.54) is 0 Å². The Morgan fingerprint density at radius 2 is 2.20 bits per heavy atom. The highest BCUT2D eigenvalue weighted by atomic mass is 35.5. The molecule has 0 saturated heterocycles. The molecule has 1 aromatic rings. The second kappa shape index (κ2) is 3.86. The molecule has 1 heterocycles. The summed E-state index contributed by atoms with van der Waals surface area (Å²) < 4.78 is 0. The Labute approximate surface area is 94.6 Å². The van der Waals surface area contributed by atoms with Gasteiger partial charge in [0.2, 0.25) is 0 Å². The first-order valence-electron chi connectivity index (χ1n) is 5.18. The van der Waals surface area contributed by atoms with E-state index in [1.807, 2.05) is 12.1 Å². The number of halogens is 1. The van der Waals surface area contributed by atoms with E-state index in [4.69, 9.17) is 11.6 Å². The van der Waals surface area contributed by atoms with Gasteiger partial charge in [0.05, 0.1) is 6.04 Å². The highest BCUT2D eigenvalue weighted by Gasteiger charge is 2.28. The number of benzene rings is 1. The number of carbonyl (C=O) groups is 1. The molecule has 80 valence electrons. The average Bonchev–Trinajstić information content (AvgIpc) is 2.42. The molecule has 0 bridgehead atoms. The van der Waals surface area contributed by atoms with Crippen molar-refractivity contribution in [1.29, 1.82) is 0 Å². The standard InChI is InChI=1S/C12H14ClNO/c1-7(2)5-11-9-4-3-8(13)6-10(9)12(15)14-11/h3-4,6-7,11H,5H2,1-2H3,(H,14,15). The normalized spacial score (nSPS) is 19.2. The van der Waals surface area contributed by atoms with Gasteiger partial charge in [-0.1, -0.05) is 31.5 Å². The minimum atomic E-state index is -0.00171. The van der Waals surface area contributed by atoms with E-state index in [9.17, 15) is 4.79 Å². The van der Waals surface area contributed by atoms with Crippen molar-refractivity contribution in [3.05, 3.63) is 34.3 Å². The summed E-state index contributed by atoms with van der Waals surface area (Å²) in [6, 6.07) is 5.69. The van der Waals surface area contributed by atoms with E-state index >= 15 is 0 Å². The lowest BCUT2D eigenvalue weighted by molar-refractivity contribution is 0.0953. The van der Waals surface area contributed by atoms with Gasteiger partial charge in [0.15, 0.2) is 0 Å². The van der Waals surface area contributed by atoms with Gasteiger partial charge in [0.1, 0.15) is 0 Å². The monoisotopic (exact) mass is 223 g/mol. The van der Waals surface area contributed by atoms with Gasteiger partial charge in [0, 0.05) is 10.6 Å². The predicted molar refractivity (Wildman–Crippen MR) is 61.1 cm³/mol. The number of nitrogens with one attached hydrogen (secondary N) is 1. The fourth-order valence-corrected chi connectivity index (χ4v) is 2.17. The molecule has 1 aliphatic rings. The van der Waals surface area contributed by atoms with E-state index in [0.717, 1.165) is 17.5 Å². The summed E-state index contributed by atoms with van der Waals surface area (Å²) in [5.74, 6) is 0.565. The smallest absolute Gasteiger partial charge is 0.252 e. The lowest BCUT2D eigenvalue weighted by Gasteiger charge is -2.13. The molecule has 15 heavy (non-hydrogen) atoms. The number of carbonyl (C=O) groups excluding carboxylic acids is 1. The van der Waals surface area contributed by atoms with Crippen LogP contribution in [0.3, 0.4) is 0 Å². The van der Waals surface area contributed by atoms with Crippen LogP contribution in [0.4, 0.5) is 0 Å². The molecular weight excluding hydrogens is 210 g/mol. The van der Waals surface area contributed by atoms with Gasteiger partial charge < -0.3 is 5.32 Å². The van der Waals surface area contributed by atoms with Crippen LogP contribution >= 0.6 is 11.6 Å². The molecular formula is C12H14ClNO. The first kappa shape index (κ1) is 10.5. The number of hydrogen-bond acceptors (Lipinski definition) is 1. The van der Waals surface area contributed by atoms with Crippen LogP contribution in [0.1, 0.15) is 42.2 Å². The Kier molecular flexibility index (Phi) is 2.70. The number of fused-ring (bicyclic) bond motifs is 1. The van der Waals surface area contributed by atoms with Gasteiger partial charge in [0.25, 0.3) is 5.91 Å². The second-order valence-corrected chi connectivity index (χ2v) is 4.82. The minimum Gasteiger partial charge on any atom is -0.345 e. The molecule has 1 amide bonds. The molecule has 0 aromatic heterocycles.